The van der Waals surface area contributed by atoms with Crippen molar-refractivity contribution in [2.24, 2.45) is 5.73 Å². The lowest BCUT2D eigenvalue weighted by atomic mass is 10.2. The summed E-state index contributed by atoms with van der Waals surface area (Å²) in [6.07, 6.45) is -0.804. The maximum atomic E-state index is 12.2. The fourth-order valence-electron chi connectivity index (χ4n) is 0.923. The Morgan fingerprint density at radius 1 is 1.54 bits per heavy atom. The van der Waals surface area contributed by atoms with Crippen molar-refractivity contribution in [3.63, 3.8) is 0 Å². The molecule has 1 rings (SSSR count). The summed E-state index contributed by atoms with van der Waals surface area (Å²) in [5.41, 5.74) is 5.24. The molecule has 3 nitrogen and oxygen atoms in total. The molecular formula is C8H11F2N3. The smallest absolute Gasteiger partial charge is 0.280 e. The monoisotopic (exact) mass is 187 g/mol. The zero-order valence-corrected chi connectivity index (χ0v) is 7.24. The van der Waals surface area contributed by atoms with Crippen molar-refractivity contribution in [3.05, 3.63) is 23.8 Å². The van der Waals surface area contributed by atoms with Gasteiger partial charge in [0.25, 0.3) is 6.43 Å². The van der Waals surface area contributed by atoms with Crippen molar-refractivity contribution in [1.29, 1.82) is 0 Å². The Morgan fingerprint density at radius 2 is 2.23 bits per heavy atom. The maximum absolute atomic E-state index is 12.2. The molecule has 0 aliphatic carbocycles. The quantitative estimate of drug-likeness (QED) is 0.776. The van der Waals surface area contributed by atoms with Crippen molar-refractivity contribution < 1.29 is 8.78 Å². The molecule has 0 spiro atoms. The average molecular weight is 187 g/mol. The Morgan fingerprint density at radius 3 is 2.77 bits per heavy atom. The zero-order valence-electron chi connectivity index (χ0n) is 7.24. The van der Waals surface area contributed by atoms with Crippen LogP contribution in [0.3, 0.4) is 0 Å². The number of rotatable bonds is 3. The standard InChI is InChI=1S/C8H11F2N3/c1-5(11)4-7-12-3-2-6(13-7)8(9)10/h2-3,5,8H,4,11H2,1H3. The molecule has 0 saturated heterocycles. The molecule has 0 amide bonds. The second-order valence-corrected chi connectivity index (χ2v) is 2.88. The summed E-state index contributed by atoms with van der Waals surface area (Å²) in [5.74, 6) is 0.368. The number of nitrogens with zero attached hydrogens (tertiary/aromatic N) is 2. The topological polar surface area (TPSA) is 51.8 Å². The van der Waals surface area contributed by atoms with Gasteiger partial charge in [-0.1, -0.05) is 0 Å². The van der Waals surface area contributed by atoms with E-state index < -0.39 is 6.43 Å². The van der Waals surface area contributed by atoms with Crippen LogP contribution in [0, 0.1) is 0 Å². The third-order valence-electron chi connectivity index (χ3n) is 1.46. The minimum Gasteiger partial charge on any atom is -0.328 e. The van der Waals surface area contributed by atoms with Crippen LogP contribution in [0.15, 0.2) is 12.3 Å². The summed E-state index contributed by atoms with van der Waals surface area (Å²) in [6, 6.07) is 1.09. The van der Waals surface area contributed by atoms with E-state index in [9.17, 15) is 8.78 Å². The molecular weight excluding hydrogens is 176 g/mol. The summed E-state index contributed by atoms with van der Waals surface area (Å²) in [6.45, 7) is 1.78. The molecule has 2 N–H and O–H groups in total. The van der Waals surface area contributed by atoms with E-state index in [0.717, 1.165) is 0 Å². The van der Waals surface area contributed by atoms with Crippen molar-refractivity contribution in [2.45, 2.75) is 25.8 Å². The minimum absolute atomic E-state index is 0.118. The van der Waals surface area contributed by atoms with Gasteiger partial charge in [0.15, 0.2) is 0 Å². The summed E-state index contributed by atoms with van der Waals surface area (Å²) >= 11 is 0. The molecule has 0 aliphatic heterocycles. The fourth-order valence-corrected chi connectivity index (χ4v) is 0.923. The Balaban J connectivity index is 2.79. The highest BCUT2D eigenvalue weighted by Crippen LogP contribution is 2.15. The van der Waals surface area contributed by atoms with Gasteiger partial charge in [-0.3, -0.25) is 0 Å². The number of hydrogen-bond donors (Lipinski definition) is 1. The SMILES string of the molecule is CC(N)Cc1nccc(C(F)F)n1. The molecule has 1 aromatic heterocycles. The lowest BCUT2D eigenvalue weighted by Crippen LogP contribution is -2.19. The van der Waals surface area contributed by atoms with Crippen molar-refractivity contribution >= 4 is 0 Å². The van der Waals surface area contributed by atoms with Crippen LogP contribution in [0.2, 0.25) is 0 Å². The third kappa shape index (κ3) is 3.02. The lowest BCUT2D eigenvalue weighted by Gasteiger charge is -2.04. The van der Waals surface area contributed by atoms with E-state index >= 15 is 0 Å². The maximum Gasteiger partial charge on any atom is 0.280 e. The molecule has 0 aromatic carbocycles. The predicted octanol–water partition coefficient (Wildman–Crippen LogP) is 1.30. The van der Waals surface area contributed by atoms with Crippen molar-refractivity contribution in [1.82, 2.24) is 9.97 Å². The Bertz CT molecular complexity index is 276. The van der Waals surface area contributed by atoms with Crippen LogP contribution in [-0.2, 0) is 6.42 Å². The van der Waals surface area contributed by atoms with E-state index in [1.807, 2.05) is 0 Å². The van der Waals surface area contributed by atoms with E-state index in [1.54, 1.807) is 6.92 Å². The Labute approximate surface area is 75.0 Å². The molecule has 1 heterocycles. The van der Waals surface area contributed by atoms with Crippen LogP contribution < -0.4 is 5.73 Å². The number of alkyl halides is 2. The van der Waals surface area contributed by atoms with E-state index in [1.165, 1.54) is 12.3 Å². The van der Waals surface area contributed by atoms with E-state index in [-0.39, 0.29) is 11.7 Å². The van der Waals surface area contributed by atoms with Gasteiger partial charge in [-0.15, -0.1) is 0 Å². The third-order valence-corrected chi connectivity index (χ3v) is 1.46. The van der Waals surface area contributed by atoms with Crippen LogP contribution in [0.4, 0.5) is 8.78 Å². The number of halogens is 2. The van der Waals surface area contributed by atoms with Crippen LogP contribution in [0.1, 0.15) is 24.9 Å². The normalized spacial score (nSPS) is 13.3. The second kappa shape index (κ2) is 4.23. The van der Waals surface area contributed by atoms with Crippen molar-refractivity contribution in [2.75, 3.05) is 0 Å². The highest BCUT2D eigenvalue weighted by molar-refractivity contribution is 5.04. The molecule has 0 bridgehead atoms. The van der Waals surface area contributed by atoms with Gasteiger partial charge in [0, 0.05) is 18.7 Å². The first kappa shape index (κ1) is 9.98. The molecule has 0 saturated carbocycles. The zero-order chi connectivity index (χ0) is 9.84. The molecule has 1 unspecified atom stereocenters. The van der Waals surface area contributed by atoms with Gasteiger partial charge in [-0.2, -0.15) is 0 Å². The first-order valence-electron chi connectivity index (χ1n) is 3.95. The summed E-state index contributed by atoms with van der Waals surface area (Å²) in [5, 5.41) is 0. The fraction of sp³-hybridized carbons (Fsp3) is 0.500. The molecule has 1 aromatic rings. The lowest BCUT2D eigenvalue weighted by molar-refractivity contribution is 0.145. The first-order valence-corrected chi connectivity index (χ1v) is 3.95. The van der Waals surface area contributed by atoms with E-state index in [2.05, 4.69) is 9.97 Å². The van der Waals surface area contributed by atoms with Crippen LogP contribution in [-0.4, -0.2) is 16.0 Å². The summed E-state index contributed by atoms with van der Waals surface area (Å²) < 4.78 is 24.3. The highest BCUT2D eigenvalue weighted by atomic mass is 19.3. The van der Waals surface area contributed by atoms with Crippen LogP contribution in [0.25, 0.3) is 0 Å². The predicted molar refractivity (Wildman–Crippen MR) is 44.3 cm³/mol. The van der Waals surface area contributed by atoms with Crippen LogP contribution >= 0.6 is 0 Å². The molecule has 5 heteroatoms. The van der Waals surface area contributed by atoms with Gasteiger partial charge in [-0.25, -0.2) is 18.7 Å². The van der Waals surface area contributed by atoms with Gasteiger partial charge in [0.2, 0.25) is 0 Å². The van der Waals surface area contributed by atoms with Gasteiger partial charge < -0.3 is 5.73 Å². The van der Waals surface area contributed by atoms with Gasteiger partial charge >= 0.3 is 0 Å². The Hall–Kier alpha value is -1.10. The largest absolute Gasteiger partial charge is 0.328 e. The highest BCUT2D eigenvalue weighted by Gasteiger charge is 2.10. The van der Waals surface area contributed by atoms with Crippen LogP contribution in [0.5, 0.6) is 0 Å². The van der Waals surface area contributed by atoms with Gasteiger partial charge in [0.05, 0.1) is 0 Å². The second-order valence-electron chi connectivity index (χ2n) is 2.88. The summed E-state index contributed by atoms with van der Waals surface area (Å²) in [7, 11) is 0. The number of nitrogens with two attached hydrogens (primary N) is 1. The number of hydrogen-bond acceptors (Lipinski definition) is 3. The van der Waals surface area contributed by atoms with E-state index in [0.29, 0.717) is 12.2 Å². The number of aromatic nitrogens is 2. The minimum atomic E-state index is -2.55. The molecule has 0 fully saturated rings. The van der Waals surface area contributed by atoms with Crippen molar-refractivity contribution in [3.8, 4) is 0 Å². The average Bonchev–Trinajstić information content (AvgIpc) is 2.03. The molecule has 0 radical (unpaired) electrons. The summed E-state index contributed by atoms with van der Waals surface area (Å²) in [4.78, 5) is 7.51. The molecule has 72 valence electrons. The molecule has 13 heavy (non-hydrogen) atoms. The van der Waals surface area contributed by atoms with Gasteiger partial charge in [0.1, 0.15) is 11.5 Å². The Kier molecular flexibility index (Phi) is 3.25. The molecule has 1 atom stereocenters. The van der Waals surface area contributed by atoms with Gasteiger partial charge in [-0.05, 0) is 13.0 Å². The molecule has 0 aliphatic rings. The first-order chi connectivity index (χ1) is 6.09. The van der Waals surface area contributed by atoms with E-state index in [4.69, 9.17) is 5.73 Å².